The number of aryl methyl sites for hydroxylation is 1. The molecule has 9 heteroatoms. The van der Waals surface area contributed by atoms with Gasteiger partial charge in [0.1, 0.15) is 23.0 Å². The lowest BCUT2D eigenvalue weighted by Gasteiger charge is -2.20. The van der Waals surface area contributed by atoms with E-state index in [-0.39, 0.29) is 24.4 Å². The standard InChI is InChI=1S/C30H36F4O5/c1-5-27(35)37-19-11-7-9-13-22(3)21-26(32)29(23(4)31)30(33,34)39-25-17-15-24(16-18-25)14-10-8-12-20-38-28(36)6-2/h5-6,15-18,21H,1-3,7-14,19-20H2,4H3/b26-21+,29-23-. The summed E-state index contributed by atoms with van der Waals surface area (Å²) in [6, 6.07) is 5.82. The molecule has 0 bridgehead atoms. The Morgan fingerprint density at radius 3 is 1.92 bits per heavy atom. The smallest absolute Gasteiger partial charge is 0.432 e. The Morgan fingerprint density at radius 1 is 0.872 bits per heavy atom. The SMILES string of the molecule is C=CC(=O)OCCCCCC(=C)/C=C(F)\C(=C(/C)F)C(F)(F)Oc1ccc(CCCCCOC(=O)C=C)cc1. The summed E-state index contributed by atoms with van der Waals surface area (Å²) in [5, 5.41) is 0. The van der Waals surface area contributed by atoms with Crippen molar-refractivity contribution in [3.8, 4) is 5.75 Å². The molecule has 0 radical (unpaired) electrons. The third-order valence-electron chi connectivity index (χ3n) is 5.45. The number of rotatable bonds is 19. The second kappa shape index (κ2) is 17.8. The minimum atomic E-state index is -4.26. The van der Waals surface area contributed by atoms with Crippen molar-refractivity contribution in [2.45, 2.75) is 64.4 Å². The van der Waals surface area contributed by atoms with Gasteiger partial charge in [-0.2, -0.15) is 8.78 Å². The molecule has 0 aliphatic carbocycles. The summed E-state index contributed by atoms with van der Waals surface area (Å²) in [4.78, 5) is 22.0. The summed E-state index contributed by atoms with van der Waals surface area (Å²) in [5.74, 6) is -4.13. The van der Waals surface area contributed by atoms with Crippen LogP contribution in [0.1, 0.15) is 57.4 Å². The van der Waals surface area contributed by atoms with Crippen LogP contribution in [0.2, 0.25) is 0 Å². The summed E-state index contributed by atoms with van der Waals surface area (Å²) in [5.41, 5.74) is -0.429. The highest BCUT2D eigenvalue weighted by Gasteiger charge is 2.42. The van der Waals surface area contributed by atoms with Gasteiger partial charge in [0.05, 0.1) is 13.2 Å². The summed E-state index contributed by atoms with van der Waals surface area (Å²) in [7, 11) is 0. The Balaban J connectivity index is 2.62. The number of esters is 2. The molecule has 0 amide bonds. The summed E-state index contributed by atoms with van der Waals surface area (Å²) >= 11 is 0. The topological polar surface area (TPSA) is 61.8 Å². The van der Waals surface area contributed by atoms with Gasteiger partial charge in [-0.1, -0.05) is 37.4 Å². The Kier molecular flexibility index (Phi) is 15.3. The van der Waals surface area contributed by atoms with Gasteiger partial charge in [-0.15, -0.1) is 0 Å². The quantitative estimate of drug-likeness (QED) is 0.0571. The first kappa shape index (κ1) is 33.4. The van der Waals surface area contributed by atoms with E-state index in [0.29, 0.717) is 38.7 Å². The fourth-order valence-corrected chi connectivity index (χ4v) is 3.45. The van der Waals surface area contributed by atoms with Crippen molar-refractivity contribution >= 4 is 11.9 Å². The number of alkyl halides is 2. The third kappa shape index (κ3) is 13.7. The zero-order chi connectivity index (χ0) is 29.3. The first-order chi connectivity index (χ1) is 18.5. The molecule has 0 atom stereocenters. The Morgan fingerprint density at radius 2 is 1.41 bits per heavy atom. The number of carbonyl (C=O) groups excluding carboxylic acids is 2. The van der Waals surface area contributed by atoms with E-state index in [0.717, 1.165) is 43.6 Å². The van der Waals surface area contributed by atoms with Crippen LogP contribution < -0.4 is 4.74 Å². The van der Waals surface area contributed by atoms with Crippen LogP contribution in [0, 0.1) is 0 Å². The number of benzene rings is 1. The van der Waals surface area contributed by atoms with E-state index in [1.165, 1.54) is 12.1 Å². The van der Waals surface area contributed by atoms with E-state index in [4.69, 9.17) is 9.47 Å². The van der Waals surface area contributed by atoms with Gasteiger partial charge >= 0.3 is 18.0 Å². The average molecular weight is 553 g/mol. The minimum absolute atomic E-state index is 0.202. The summed E-state index contributed by atoms with van der Waals surface area (Å²) < 4.78 is 72.8. The highest BCUT2D eigenvalue weighted by atomic mass is 19.3. The zero-order valence-corrected chi connectivity index (χ0v) is 22.3. The van der Waals surface area contributed by atoms with Gasteiger partial charge in [0.15, 0.2) is 0 Å². The molecule has 0 N–H and O–H groups in total. The Hall–Kier alpha value is -3.62. The van der Waals surface area contributed by atoms with E-state index >= 15 is 0 Å². The molecule has 0 unspecified atom stereocenters. The molecule has 1 aromatic carbocycles. The van der Waals surface area contributed by atoms with E-state index < -0.39 is 35.3 Å². The van der Waals surface area contributed by atoms with Crippen molar-refractivity contribution in [2.24, 2.45) is 0 Å². The first-order valence-electron chi connectivity index (χ1n) is 12.7. The average Bonchev–Trinajstić information content (AvgIpc) is 2.87. The Labute approximate surface area is 227 Å². The maximum absolute atomic E-state index is 14.8. The highest BCUT2D eigenvalue weighted by Crippen LogP contribution is 2.36. The minimum Gasteiger partial charge on any atom is -0.463 e. The van der Waals surface area contributed by atoms with Crippen molar-refractivity contribution in [1.29, 1.82) is 0 Å². The van der Waals surface area contributed by atoms with Crippen molar-refractivity contribution in [1.82, 2.24) is 0 Å². The molecule has 0 aromatic heterocycles. The summed E-state index contributed by atoms with van der Waals surface area (Å²) in [6.07, 6.45) is 3.62. The molecule has 1 rings (SSSR count). The predicted octanol–water partition coefficient (Wildman–Crippen LogP) is 8.04. The van der Waals surface area contributed by atoms with Crippen LogP contribution in [0.4, 0.5) is 17.6 Å². The van der Waals surface area contributed by atoms with Crippen molar-refractivity contribution in [2.75, 3.05) is 13.2 Å². The van der Waals surface area contributed by atoms with Crippen LogP contribution in [-0.2, 0) is 25.5 Å². The number of hydrogen-bond acceptors (Lipinski definition) is 5. The maximum Gasteiger partial charge on any atom is 0.432 e. The molecule has 39 heavy (non-hydrogen) atoms. The van der Waals surface area contributed by atoms with Crippen LogP contribution >= 0.6 is 0 Å². The molecule has 0 saturated heterocycles. The summed E-state index contributed by atoms with van der Waals surface area (Å²) in [6.45, 7) is 11.5. The molecule has 0 aliphatic heterocycles. The molecule has 1 aromatic rings. The largest absolute Gasteiger partial charge is 0.463 e. The number of hydrogen-bond donors (Lipinski definition) is 0. The number of carbonyl (C=O) groups is 2. The van der Waals surface area contributed by atoms with Gasteiger partial charge in [0.25, 0.3) is 0 Å². The van der Waals surface area contributed by atoms with E-state index in [1.54, 1.807) is 12.1 Å². The molecule has 0 heterocycles. The number of ether oxygens (including phenoxy) is 3. The monoisotopic (exact) mass is 552 g/mol. The van der Waals surface area contributed by atoms with Crippen LogP contribution in [-0.4, -0.2) is 31.3 Å². The van der Waals surface area contributed by atoms with Crippen molar-refractivity contribution in [3.05, 3.63) is 90.6 Å². The van der Waals surface area contributed by atoms with E-state index in [2.05, 4.69) is 24.5 Å². The number of allylic oxidation sites excluding steroid dienone is 3. The van der Waals surface area contributed by atoms with Crippen LogP contribution in [0.15, 0.2) is 85.0 Å². The van der Waals surface area contributed by atoms with Gasteiger partial charge in [-0.3, -0.25) is 0 Å². The highest BCUT2D eigenvalue weighted by molar-refractivity contribution is 5.81. The van der Waals surface area contributed by atoms with E-state index in [9.17, 15) is 27.2 Å². The lowest BCUT2D eigenvalue weighted by molar-refractivity contribution is -0.143. The van der Waals surface area contributed by atoms with Gasteiger partial charge in [-0.05, 0) is 82.1 Å². The molecule has 0 aliphatic rings. The van der Waals surface area contributed by atoms with Crippen molar-refractivity contribution in [3.63, 3.8) is 0 Å². The van der Waals surface area contributed by atoms with Crippen molar-refractivity contribution < 1.29 is 41.4 Å². The predicted molar refractivity (Wildman–Crippen MR) is 142 cm³/mol. The molecule has 0 spiro atoms. The van der Waals surface area contributed by atoms with Crippen LogP contribution in [0.5, 0.6) is 5.75 Å². The lowest BCUT2D eigenvalue weighted by atomic mass is 10.1. The fraction of sp³-hybridized carbons (Fsp3) is 0.400. The second-order valence-electron chi connectivity index (χ2n) is 8.69. The second-order valence-corrected chi connectivity index (χ2v) is 8.69. The zero-order valence-electron chi connectivity index (χ0n) is 22.3. The van der Waals surface area contributed by atoms with E-state index in [1.807, 2.05) is 0 Å². The van der Waals surface area contributed by atoms with Gasteiger partial charge in [0.2, 0.25) is 0 Å². The first-order valence-corrected chi connectivity index (χ1v) is 12.7. The molecule has 214 valence electrons. The third-order valence-corrected chi connectivity index (χ3v) is 5.45. The molecular formula is C30H36F4O5. The normalized spacial score (nSPS) is 12.3. The van der Waals surface area contributed by atoms with Gasteiger partial charge in [0, 0.05) is 12.2 Å². The molecule has 5 nitrogen and oxygen atoms in total. The maximum atomic E-state index is 14.8. The fourth-order valence-electron chi connectivity index (χ4n) is 3.45. The van der Waals surface area contributed by atoms with Gasteiger partial charge in [-0.25, -0.2) is 18.4 Å². The number of halogens is 4. The molecular weight excluding hydrogens is 516 g/mol. The Bertz CT molecular complexity index is 1040. The lowest BCUT2D eigenvalue weighted by Crippen LogP contribution is -2.28. The van der Waals surface area contributed by atoms with Crippen LogP contribution in [0.3, 0.4) is 0 Å². The van der Waals surface area contributed by atoms with Crippen LogP contribution in [0.25, 0.3) is 0 Å². The van der Waals surface area contributed by atoms with Gasteiger partial charge < -0.3 is 14.2 Å². The number of unbranched alkanes of at least 4 members (excludes halogenated alkanes) is 4. The molecule has 0 fully saturated rings. The molecule has 0 saturated carbocycles.